The molecule has 3 nitrogen and oxygen atoms in total. The number of nitrogens with zero attached hydrogens (tertiary/aromatic N) is 1. The van der Waals surface area contributed by atoms with Crippen molar-refractivity contribution < 1.29 is 4.74 Å². The molecular formula is C14H23BrN2O. The normalized spacial score (nSPS) is 14.4. The number of hydrogen-bond acceptors (Lipinski definition) is 3. The van der Waals surface area contributed by atoms with Gasteiger partial charge in [0.05, 0.1) is 11.7 Å². The highest BCUT2D eigenvalue weighted by atomic mass is 79.9. The monoisotopic (exact) mass is 314 g/mol. The molecule has 0 aromatic carbocycles. The lowest BCUT2D eigenvalue weighted by atomic mass is 9.95. The predicted octanol–water partition coefficient (Wildman–Crippen LogP) is 3.56. The van der Waals surface area contributed by atoms with Crippen molar-refractivity contribution in [2.75, 3.05) is 20.3 Å². The molecule has 102 valence electrons. The zero-order chi connectivity index (χ0) is 13.4. The summed E-state index contributed by atoms with van der Waals surface area (Å²) >= 11 is 3.42. The zero-order valence-electron chi connectivity index (χ0n) is 11.4. The summed E-state index contributed by atoms with van der Waals surface area (Å²) in [5.41, 5.74) is 1.11. The van der Waals surface area contributed by atoms with Gasteiger partial charge in [-0.1, -0.05) is 13.8 Å². The summed E-state index contributed by atoms with van der Waals surface area (Å²) in [6, 6.07) is 4.43. The second-order valence-electron chi connectivity index (χ2n) is 4.59. The Balaban J connectivity index is 2.73. The molecule has 0 bridgehead atoms. The second-order valence-corrected chi connectivity index (χ2v) is 5.51. The lowest BCUT2D eigenvalue weighted by Crippen LogP contribution is -2.29. The average Bonchev–Trinajstić information content (AvgIpc) is 2.38. The Bertz CT molecular complexity index is 329. The molecule has 0 aliphatic carbocycles. The summed E-state index contributed by atoms with van der Waals surface area (Å²) in [4.78, 5) is 4.51. The summed E-state index contributed by atoms with van der Waals surface area (Å²) in [5.74, 6) is 0.505. The lowest BCUT2D eigenvalue weighted by molar-refractivity contribution is 0.169. The van der Waals surface area contributed by atoms with Gasteiger partial charge < -0.3 is 10.1 Å². The molecule has 2 atom stereocenters. The molecule has 1 aromatic heterocycles. The Morgan fingerprint density at radius 3 is 2.78 bits per heavy atom. The van der Waals surface area contributed by atoms with Crippen molar-refractivity contribution in [1.29, 1.82) is 0 Å². The summed E-state index contributed by atoms with van der Waals surface area (Å²) in [5, 5.41) is 3.58. The standard InChI is InChI=1S/C14H23BrN2O/c1-4-8-16-14(11(2)7-9-18-3)13-6-5-12(15)10-17-13/h5-6,10-11,14,16H,4,7-9H2,1-3H3. The predicted molar refractivity (Wildman–Crippen MR) is 78.6 cm³/mol. The molecule has 0 aliphatic heterocycles. The SMILES string of the molecule is CCCNC(c1ccc(Br)cn1)C(C)CCOC. The molecule has 0 saturated carbocycles. The highest BCUT2D eigenvalue weighted by Gasteiger charge is 2.19. The lowest BCUT2D eigenvalue weighted by Gasteiger charge is -2.24. The van der Waals surface area contributed by atoms with Crippen LogP contribution >= 0.6 is 15.9 Å². The van der Waals surface area contributed by atoms with Gasteiger partial charge in [0.25, 0.3) is 0 Å². The van der Waals surface area contributed by atoms with Crippen molar-refractivity contribution >= 4 is 15.9 Å². The number of pyridine rings is 1. The molecule has 0 spiro atoms. The number of halogens is 1. The van der Waals surface area contributed by atoms with Gasteiger partial charge in [-0.2, -0.15) is 0 Å². The van der Waals surface area contributed by atoms with E-state index < -0.39 is 0 Å². The first-order valence-corrected chi connectivity index (χ1v) is 7.32. The minimum atomic E-state index is 0.299. The van der Waals surface area contributed by atoms with Gasteiger partial charge in [0, 0.05) is 24.4 Å². The van der Waals surface area contributed by atoms with Crippen LogP contribution in [0.2, 0.25) is 0 Å². The van der Waals surface area contributed by atoms with Gasteiger partial charge in [-0.15, -0.1) is 0 Å². The smallest absolute Gasteiger partial charge is 0.0576 e. The van der Waals surface area contributed by atoms with Crippen molar-refractivity contribution in [3.63, 3.8) is 0 Å². The van der Waals surface area contributed by atoms with Gasteiger partial charge in [-0.05, 0) is 53.4 Å². The number of methoxy groups -OCH3 is 1. The maximum absolute atomic E-state index is 5.17. The van der Waals surface area contributed by atoms with Crippen molar-refractivity contribution in [2.24, 2.45) is 5.92 Å². The van der Waals surface area contributed by atoms with E-state index in [2.05, 4.69) is 46.1 Å². The van der Waals surface area contributed by atoms with Crippen LogP contribution in [0.1, 0.15) is 38.4 Å². The fourth-order valence-electron chi connectivity index (χ4n) is 1.94. The highest BCUT2D eigenvalue weighted by molar-refractivity contribution is 9.10. The molecule has 2 unspecified atom stereocenters. The average molecular weight is 315 g/mol. The molecule has 1 N–H and O–H groups in total. The summed E-state index contributed by atoms with van der Waals surface area (Å²) < 4.78 is 6.18. The second kappa shape index (κ2) is 8.62. The van der Waals surface area contributed by atoms with Gasteiger partial charge >= 0.3 is 0 Å². The van der Waals surface area contributed by atoms with E-state index in [9.17, 15) is 0 Å². The van der Waals surface area contributed by atoms with Gasteiger partial charge in [0.1, 0.15) is 0 Å². The van der Waals surface area contributed by atoms with Crippen LogP contribution in [-0.2, 0) is 4.74 Å². The minimum Gasteiger partial charge on any atom is -0.385 e. The van der Waals surface area contributed by atoms with E-state index >= 15 is 0 Å². The molecule has 0 aliphatic rings. The molecule has 0 fully saturated rings. The first-order valence-electron chi connectivity index (χ1n) is 6.52. The summed E-state index contributed by atoms with van der Waals surface area (Å²) in [6.45, 7) is 6.23. The molecule has 0 saturated heterocycles. The van der Waals surface area contributed by atoms with Crippen molar-refractivity contribution in [2.45, 2.75) is 32.7 Å². The Kier molecular flexibility index (Phi) is 7.47. The van der Waals surface area contributed by atoms with Crippen LogP contribution in [0.25, 0.3) is 0 Å². The third kappa shape index (κ3) is 5.04. The quantitative estimate of drug-likeness (QED) is 0.796. The van der Waals surface area contributed by atoms with Crippen LogP contribution in [0.4, 0.5) is 0 Å². The van der Waals surface area contributed by atoms with Gasteiger partial charge in [-0.25, -0.2) is 0 Å². The molecular weight excluding hydrogens is 292 g/mol. The zero-order valence-corrected chi connectivity index (χ0v) is 13.0. The van der Waals surface area contributed by atoms with E-state index in [1.54, 1.807) is 7.11 Å². The van der Waals surface area contributed by atoms with Crippen LogP contribution < -0.4 is 5.32 Å². The van der Waals surface area contributed by atoms with E-state index in [4.69, 9.17) is 4.74 Å². The van der Waals surface area contributed by atoms with Crippen molar-refractivity contribution in [1.82, 2.24) is 10.3 Å². The Labute approximate surface area is 118 Å². The molecule has 0 amide bonds. The molecule has 1 aromatic rings. The van der Waals surface area contributed by atoms with E-state index in [0.29, 0.717) is 12.0 Å². The third-order valence-corrected chi connectivity index (χ3v) is 3.50. The fourth-order valence-corrected chi connectivity index (χ4v) is 2.17. The molecule has 18 heavy (non-hydrogen) atoms. The number of aromatic nitrogens is 1. The molecule has 1 rings (SSSR count). The van der Waals surface area contributed by atoms with Crippen LogP contribution in [0.5, 0.6) is 0 Å². The van der Waals surface area contributed by atoms with Crippen LogP contribution in [-0.4, -0.2) is 25.2 Å². The maximum atomic E-state index is 5.17. The Morgan fingerprint density at radius 1 is 1.44 bits per heavy atom. The first-order chi connectivity index (χ1) is 8.69. The van der Waals surface area contributed by atoms with Crippen LogP contribution in [0, 0.1) is 5.92 Å². The minimum absolute atomic E-state index is 0.299. The van der Waals surface area contributed by atoms with E-state index in [1.807, 2.05) is 12.3 Å². The van der Waals surface area contributed by atoms with Gasteiger partial charge in [-0.3, -0.25) is 4.98 Å². The van der Waals surface area contributed by atoms with Crippen molar-refractivity contribution in [3.8, 4) is 0 Å². The van der Waals surface area contributed by atoms with E-state index in [0.717, 1.165) is 36.2 Å². The van der Waals surface area contributed by atoms with Crippen LogP contribution in [0.15, 0.2) is 22.8 Å². The van der Waals surface area contributed by atoms with Gasteiger partial charge in [0.15, 0.2) is 0 Å². The molecule has 4 heteroatoms. The fraction of sp³-hybridized carbons (Fsp3) is 0.643. The van der Waals surface area contributed by atoms with E-state index in [1.165, 1.54) is 0 Å². The van der Waals surface area contributed by atoms with E-state index in [-0.39, 0.29) is 0 Å². The van der Waals surface area contributed by atoms with Crippen molar-refractivity contribution in [3.05, 3.63) is 28.5 Å². The Hall–Kier alpha value is -0.450. The molecule has 1 heterocycles. The number of rotatable bonds is 8. The number of nitrogens with one attached hydrogen (secondary N) is 1. The van der Waals surface area contributed by atoms with Gasteiger partial charge in [0.2, 0.25) is 0 Å². The summed E-state index contributed by atoms with van der Waals surface area (Å²) in [7, 11) is 1.75. The first kappa shape index (κ1) is 15.6. The maximum Gasteiger partial charge on any atom is 0.0576 e. The largest absolute Gasteiger partial charge is 0.385 e. The number of hydrogen-bond donors (Lipinski definition) is 1. The highest BCUT2D eigenvalue weighted by Crippen LogP contribution is 2.24. The Morgan fingerprint density at radius 2 is 2.22 bits per heavy atom. The number of ether oxygens (including phenoxy) is 1. The summed E-state index contributed by atoms with van der Waals surface area (Å²) in [6.07, 6.45) is 4.03. The third-order valence-electron chi connectivity index (χ3n) is 3.03. The topological polar surface area (TPSA) is 34.2 Å². The van der Waals surface area contributed by atoms with Crippen LogP contribution in [0.3, 0.4) is 0 Å². The molecule has 0 radical (unpaired) electrons.